The van der Waals surface area contributed by atoms with Crippen molar-refractivity contribution < 1.29 is 4.79 Å². The molecule has 2 atom stereocenters. The van der Waals surface area contributed by atoms with Gasteiger partial charge >= 0.3 is 0 Å². The number of carbonyl (C=O) groups is 1. The van der Waals surface area contributed by atoms with Crippen molar-refractivity contribution in [2.45, 2.75) is 39.2 Å². The number of nitrogens with zero attached hydrogens (tertiary/aromatic N) is 1. The van der Waals surface area contributed by atoms with Gasteiger partial charge in [0.15, 0.2) is 0 Å². The summed E-state index contributed by atoms with van der Waals surface area (Å²) >= 11 is 0. The third-order valence-corrected chi connectivity index (χ3v) is 4.57. The highest BCUT2D eigenvalue weighted by molar-refractivity contribution is 5.96. The van der Waals surface area contributed by atoms with Crippen LogP contribution < -0.4 is 5.73 Å². The van der Waals surface area contributed by atoms with Crippen LogP contribution in [-0.2, 0) is 0 Å². The minimum atomic E-state index is 0.131. The van der Waals surface area contributed by atoms with E-state index in [0.717, 1.165) is 24.0 Å². The van der Waals surface area contributed by atoms with E-state index >= 15 is 0 Å². The van der Waals surface area contributed by atoms with Crippen LogP contribution in [-0.4, -0.2) is 30.4 Å². The summed E-state index contributed by atoms with van der Waals surface area (Å²) in [5.74, 6) is 0.589. The summed E-state index contributed by atoms with van der Waals surface area (Å²) in [5.41, 5.74) is 8.89. The van der Waals surface area contributed by atoms with E-state index in [-0.39, 0.29) is 5.91 Å². The van der Waals surface area contributed by atoms with Gasteiger partial charge in [-0.1, -0.05) is 18.6 Å². The van der Waals surface area contributed by atoms with Crippen LogP contribution in [0.1, 0.15) is 40.7 Å². The van der Waals surface area contributed by atoms with Crippen molar-refractivity contribution in [1.82, 2.24) is 4.90 Å². The Kier molecular flexibility index (Phi) is 4.25. The van der Waals surface area contributed by atoms with Crippen LogP contribution in [0.15, 0.2) is 18.2 Å². The first-order chi connectivity index (χ1) is 9.06. The molecule has 1 aromatic rings. The normalized spacial score (nSPS) is 22.5. The van der Waals surface area contributed by atoms with E-state index in [0.29, 0.717) is 18.5 Å². The average molecular weight is 260 g/mol. The molecule has 1 aliphatic rings. The zero-order valence-corrected chi connectivity index (χ0v) is 12.1. The molecule has 1 fully saturated rings. The quantitative estimate of drug-likeness (QED) is 0.907. The van der Waals surface area contributed by atoms with E-state index < -0.39 is 0 Å². The van der Waals surface area contributed by atoms with E-state index in [1.807, 2.05) is 44.0 Å². The van der Waals surface area contributed by atoms with Crippen molar-refractivity contribution in [3.05, 3.63) is 34.9 Å². The van der Waals surface area contributed by atoms with Crippen LogP contribution in [0.4, 0.5) is 0 Å². The number of rotatable bonds is 3. The lowest BCUT2D eigenvalue weighted by atomic mass is 9.99. The summed E-state index contributed by atoms with van der Waals surface area (Å²) in [5, 5.41) is 0. The predicted molar refractivity (Wildman–Crippen MR) is 78.2 cm³/mol. The number of aryl methyl sites for hydroxylation is 1. The van der Waals surface area contributed by atoms with E-state index in [9.17, 15) is 4.79 Å². The average Bonchev–Trinajstić information content (AvgIpc) is 2.88. The fraction of sp³-hybridized carbons (Fsp3) is 0.562. The third-order valence-electron chi connectivity index (χ3n) is 4.57. The van der Waals surface area contributed by atoms with Gasteiger partial charge in [-0.25, -0.2) is 0 Å². The molecule has 0 radical (unpaired) electrons. The van der Waals surface area contributed by atoms with Crippen molar-refractivity contribution in [2.75, 3.05) is 13.6 Å². The number of benzene rings is 1. The molecule has 0 aromatic heterocycles. The Morgan fingerprint density at radius 2 is 2.11 bits per heavy atom. The summed E-state index contributed by atoms with van der Waals surface area (Å²) in [7, 11) is 1.92. The molecule has 2 rings (SSSR count). The Labute approximate surface area is 115 Å². The summed E-state index contributed by atoms with van der Waals surface area (Å²) in [6.45, 7) is 4.74. The molecule has 1 saturated carbocycles. The molecular formula is C16H24N2O. The smallest absolute Gasteiger partial charge is 0.254 e. The van der Waals surface area contributed by atoms with Crippen molar-refractivity contribution in [3.8, 4) is 0 Å². The largest absolute Gasteiger partial charge is 0.338 e. The maximum Gasteiger partial charge on any atom is 0.254 e. The fourth-order valence-corrected chi connectivity index (χ4v) is 3.13. The molecule has 1 aromatic carbocycles. The highest BCUT2D eigenvalue weighted by Gasteiger charge is 2.32. The van der Waals surface area contributed by atoms with Gasteiger partial charge in [0.1, 0.15) is 0 Å². The molecule has 0 heterocycles. The SMILES string of the molecule is Cc1cccc(C(=O)N(C)C2CCCC2CN)c1C. The van der Waals surface area contributed by atoms with Crippen molar-refractivity contribution in [2.24, 2.45) is 11.7 Å². The topological polar surface area (TPSA) is 46.3 Å². The molecule has 0 saturated heterocycles. The lowest BCUT2D eigenvalue weighted by Crippen LogP contribution is -2.41. The van der Waals surface area contributed by atoms with Gasteiger partial charge in [-0.15, -0.1) is 0 Å². The summed E-state index contributed by atoms with van der Waals surface area (Å²) in [6.07, 6.45) is 3.40. The standard InChI is InChI=1S/C16H24N2O/c1-11-6-4-8-14(12(11)2)16(19)18(3)15-9-5-7-13(15)10-17/h4,6,8,13,15H,5,7,9-10,17H2,1-3H3. The zero-order chi connectivity index (χ0) is 14.0. The molecule has 104 valence electrons. The number of hydrogen-bond donors (Lipinski definition) is 1. The summed E-state index contributed by atoms with van der Waals surface area (Å²) < 4.78 is 0. The lowest BCUT2D eigenvalue weighted by Gasteiger charge is -2.30. The molecule has 1 aliphatic carbocycles. The Bertz CT molecular complexity index is 470. The van der Waals surface area contributed by atoms with Gasteiger partial charge < -0.3 is 10.6 Å². The minimum Gasteiger partial charge on any atom is -0.338 e. The minimum absolute atomic E-state index is 0.131. The third kappa shape index (κ3) is 2.66. The monoisotopic (exact) mass is 260 g/mol. The number of nitrogens with two attached hydrogens (primary N) is 1. The first kappa shape index (κ1) is 14.1. The van der Waals surface area contributed by atoms with Crippen LogP contribution in [0.5, 0.6) is 0 Å². The molecule has 0 bridgehead atoms. The molecule has 2 unspecified atom stereocenters. The second kappa shape index (κ2) is 5.74. The van der Waals surface area contributed by atoms with Gasteiger partial charge in [0.05, 0.1) is 0 Å². The van der Waals surface area contributed by atoms with E-state index in [1.165, 1.54) is 12.0 Å². The molecule has 3 nitrogen and oxygen atoms in total. The second-order valence-corrected chi connectivity index (χ2v) is 5.66. The second-order valence-electron chi connectivity index (χ2n) is 5.66. The molecule has 1 amide bonds. The maximum absolute atomic E-state index is 12.7. The number of carbonyl (C=O) groups excluding carboxylic acids is 1. The summed E-state index contributed by atoms with van der Waals surface area (Å²) in [6, 6.07) is 6.23. The maximum atomic E-state index is 12.7. The first-order valence-corrected chi connectivity index (χ1v) is 7.09. The van der Waals surface area contributed by atoms with Gasteiger partial charge in [-0.05, 0) is 56.3 Å². The van der Waals surface area contributed by atoms with Gasteiger partial charge in [0.25, 0.3) is 5.91 Å². The highest BCUT2D eigenvalue weighted by Crippen LogP contribution is 2.29. The van der Waals surface area contributed by atoms with Gasteiger partial charge in [-0.3, -0.25) is 4.79 Å². The Balaban J connectivity index is 2.21. The predicted octanol–water partition coefficient (Wildman–Crippen LogP) is 2.50. The molecule has 0 spiro atoms. The number of amides is 1. The van der Waals surface area contributed by atoms with Gasteiger partial charge in [0, 0.05) is 18.7 Å². The van der Waals surface area contributed by atoms with Crippen molar-refractivity contribution in [1.29, 1.82) is 0 Å². The van der Waals surface area contributed by atoms with E-state index in [4.69, 9.17) is 5.73 Å². The molecule has 0 aliphatic heterocycles. The zero-order valence-electron chi connectivity index (χ0n) is 12.1. The highest BCUT2D eigenvalue weighted by atomic mass is 16.2. The van der Waals surface area contributed by atoms with Crippen LogP contribution in [0, 0.1) is 19.8 Å². The Morgan fingerprint density at radius 1 is 1.37 bits per heavy atom. The van der Waals surface area contributed by atoms with Crippen molar-refractivity contribution >= 4 is 5.91 Å². The Hall–Kier alpha value is -1.35. The number of hydrogen-bond acceptors (Lipinski definition) is 2. The van der Waals surface area contributed by atoms with Crippen molar-refractivity contribution in [3.63, 3.8) is 0 Å². The molecule has 2 N–H and O–H groups in total. The van der Waals surface area contributed by atoms with Crippen LogP contribution >= 0.6 is 0 Å². The fourth-order valence-electron chi connectivity index (χ4n) is 3.13. The van der Waals surface area contributed by atoms with E-state index in [2.05, 4.69) is 0 Å². The van der Waals surface area contributed by atoms with Crippen LogP contribution in [0.25, 0.3) is 0 Å². The Morgan fingerprint density at radius 3 is 2.79 bits per heavy atom. The molecule has 19 heavy (non-hydrogen) atoms. The van der Waals surface area contributed by atoms with Crippen LogP contribution in [0.3, 0.4) is 0 Å². The first-order valence-electron chi connectivity index (χ1n) is 7.09. The summed E-state index contributed by atoms with van der Waals surface area (Å²) in [4.78, 5) is 14.6. The van der Waals surface area contributed by atoms with Gasteiger partial charge in [0.2, 0.25) is 0 Å². The molecule has 3 heteroatoms. The van der Waals surface area contributed by atoms with Crippen LogP contribution in [0.2, 0.25) is 0 Å². The van der Waals surface area contributed by atoms with E-state index in [1.54, 1.807) is 0 Å². The lowest BCUT2D eigenvalue weighted by molar-refractivity contribution is 0.0699. The molecular weight excluding hydrogens is 236 g/mol. The van der Waals surface area contributed by atoms with Gasteiger partial charge in [-0.2, -0.15) is 0 Å².